The fourth-order valence-corrected chi connectivity index (χ4v) is 7.93. The van der Waals surface area contributed by atoms with Gasteiger partial charge < -0.3 is 0 Å². The first kappa shape index (κ1) is 20.6. The number of hydrogen-bond acceptors (Lipinski definition) is 0. The van der Waals surface area contributed by atoms with E-state index >= 15 is 0 Å². The van der Waals surface area contributed by atoms with Crippen LogP contribution in [0.1, 0.15) is 12.0 Å². The zero-order valence-electron chi connectivity index (χ0n) is 19.5. The van der Waals surface area contributed by atoms with Crippen LogP contribution < -0.4 is 21.1 Å². The van der Waals surface area contributed by atoms with Crippen molar-refractivity contribution >= 4 is 51.5 Å². The lowest BCUT2D eigenvalue weighted by molar-refractivity contribution is 1.04. The summed E-state index contributed by atoms with van der Waals surface area (Å²) in [5.41, 5.74) is 4.10. The fourth-order valence-electron chi connectivity index (χ4n) is 5.65. The lowest BCUT2D eigenvalue weighted by Crippen LogP contribution is -2.20. The molecule has 0 heterocycles. The van der Waals surface area contributed by atoms with Crippen molar-refractivity contribution in [2.24, 2.45) is 0 Å². The van der Waals surface area contributed by atoms with Gasteiger partial charge in [0.05, 0.1) is 0 Å². The van der Waals surface area contributed by atoms with Gasteiger partial charge in [0.2, 0.25) is 0 Å². The highest BCUT2D eigenvalue weighted by molar-refractivity contribution is 7.79. The Bertz CT molecular complexity index is 1680. The van der Waals surface area contributed by atoms with Gasteiger partial charge in [-0.1, -0.05) is 127 Å². The number of rotatable bonds is 4. The van der Waals surface area contributed by atoms with E-state index in [0.29, 0.717) is 0 Å². The third kappa shape index (κ3) is 3.49. The average Bonchev–Trinajstić information content (AvgIpc) is 2.93. The molecule has 0 atom stereocenters. The lowest BCUT2D eigenvalue weighted by Gasteiger charge is -2.20. The molecule has 0 nitrogen and oxygen atoms in total. The van der Waals surface area contributed by atoms with E-state index in [-0.39, 0.29) is 0 Å². The molecular weight excluding hydrogens is 439 g/mol. The van der Waals surface area contributed by atoms with Crippen LogP contribution in [0.4, 0.5) is 0 Å². The zero-order valence-corrected chi connectivity index (χ0v) is 20.4. The van der Waals surface area contributed by atoms with Crippen LogP contribution in [0, 0.1) is 0 Å². The summed E-state index contributed by atoms with van der Waals surface area (Å²) in [5, 5.41) is 11.1. The van der Waals surface area contributed by atoms with Crippen molar-refractivity contribution in [3.8, 4) is 11.1 Å². The van der Waals surface area contributed by atoms with Gasteiger partial charge in [-0.3, -0.25) is 0 Å². The first-order valence-corrected chi connectivity index (χ1v) is 13.7. The van der Waals surface area contributed by atoms with E-state index in [0.717, 1.165) is 12.8 Å². The molecule has 6 aromatic carbocycles. The van der Waals surface area contributed by atoms with Crippen LogP contribution in [0.15, 0.2) is 121 Å². The van der Waals surface area contributed by atoms with E-state index in [4.69, 9.17) is 0 Å². The summed E-state index contributed by atoms with van der Waals surface area (Å²) in [6, 6.07) is 45.1. The molecule has 166 valence electrons. The van der Waals surface area contributed by atoms with Gasteiger partial charge in [-0.05, 0) is 80.1 Å². The molecule has 0 saturated heterocycles. The lowest BCUT2D eigenvalue weighted by atomic mass is 9.87. The maximum Gasteiger partial charge on any atom is -0.00239 e. The van der Waals surface area contributed by atoms with Crippen molar-refractivity contribution in [2.75, 3.05) is 0 Å². The van der Waals surface area contributed by atoms with E-state index < -0.39 is 7.92 Å². The summed E-state index contributed by atoms with van der Waals surface area (Å²) in [5.74, 6) is 0. The Morgan fingerprint density at radius 3 is 1.89 bits per heavy atom. The van der Waals surface area contributed by atoms with E-state index in [1.54, 1.807) is 0 Å². The van der Waals surface area contributed by atoms with Gasteiger partial charge in [0.15, 0.2) is 0 Å². The Balaban J connectivity index is 1.37. The molecule has 0 saturated carbocycles. The second-order valence-corrected chi connectivity index (χ2v) is 11.5. The first-order valence-electron chi connectivity index (χ1n) is 12.3. The third-order valence-electron chi connectivity index (χ3n) is 7.27. The van der Waals surface area contributed by atoms with Crippen LogP contribution in [0.25, 0.3) is 38.7 Å². The van der Waals surface area contributed by atoms with Crippen molar-refractivity contribution < 1.29 is 0 Å². The highest BCUT2D eigenvalue weighted by Gasteiger charge is 2.17. The van der Waals surface area contributed by atoms with Crippen molar-refractivity contribution in [3.05, 3.63) is 132 Å². The second-order valence-electron chi connectivity index (χ2n) is 9.31. The molecule has 0 radical (unpaired) electrons. The SMILES string of the molecule is C1=c2ccc3c(-c4ccc(P(c5ccccc5)c5ccccc5)cc4)ccc4ccc(c2c43)CC1. The Morgan fingerprint density at radius 1 is 0.514 bits per heavy atom. The van der Waals surface area contributed by atoms with Crippen LogP contribution in [-0.2, 0) is 6.42 Å². The van der Waals surface area contributed by atoms with Crippen molar-refractivity contribution in [2.45, 2.75) is 12.8 Å². The summed E-state index contributed by atoms with van der Waals surface area (Å²) in [7, 11) is -0.587. The minimum atomic E-state index is -0.587. The van der Waals surface area contributed by atoms with Crippen molar-refractivity contribution in [1.82, 2.24) is 0 Å². The highest BCUT2D eigenvalue weighted by Crippen LogP contribution is 2.37. The molecule has 0 spiro atoms. The molecule has 6 aromatic rings. The number of hydrogen-bond donors (Lipinski definition) is 0. The summed E-state index contributed by atoms with van der Waals surface area (Å²) in [6.07, 6.45) is 4.68. The minimum absolute atomic E-state index is 0.587. The van der Waals surface area contributed by atoms with E-state index in [2.05, 4.69) is 127 Å². The van der Waals surface area contributed by atoms with Crippen molar-refractivity contribution in [1.29, 1.82) is 0 Å². The Morgan fingerprint density at radius 2 is 1.17 bits per heavy atom. The fraction of sp³-hybridized carbons (Fsp3) is 0.0588. The molecular formula is C34H25P. The molecule has 0 aromatic heterocycles. The predicted octanol–water partition coefficient (Wildman–Crippen LogP) is 6.86. The Kier molecular flexibility index (Phi) is 5.00. The standard InChI is InChI=1S/C34H25P/c1-3-10-28(11-4-1)35(29-12-5-2-6-13-29)30-20-16-24(17-21-30)31-22-18-27-15-14-25-8-7-9-26-19-23-32(31)34(27)33(25)26/h1-6,9-23H,7-8H2. The number of benzene rings is 6. The van der Waals surface area contributed by atoms with E-state index in [1.807, 2.05) is 0 Å². The molecule has 1 heteroatoms. The third-order valence-corrected chi connectivity index (χ3v) is 9.72. The van der Waals surface area contributed by atoms with Gasteiger partial charge in [-0.15, -0.1) is 0 Å². The minimum Gasteiger partial charge on any atom is -0.0763 e. The summed E-state index contributed by atoms with van der Waals surface area (Å²) < 4.78 is 0. The monoisotopic (exact) mass is 464 g/mol. The summed E-state index contributed by atoms with van der Waals surface area (Å²) in [6.45, 7) is 0. The van der Waals surface area contributed by atoms with E-state index in [9.17, 15) is 0 Å². The highest BCUT2D eigenvalue weighted by atomic mass is 31.1. The summed E-state index contributed by atoms with van der Waals surface area (Å²) >= 11 is 0. The molecule has 0 amide bonds. The molecule has 1 aliphatic rings. The van der Waals surface area contributed by atoms with E-state index in [1.165, 1.54) is 59.4 Å². The van der Waals surface area contributed by atoms with Gasteiger partial charge in [-0.25, -0.2) is 0 Å². The molecule has 0 bridgehead atoms. The Labute approximate surface area is 207 Å². The van der Waals surface area contributed by atoms with Gasteiger partial charge in [-0.2, -0.15) is 0 Å². The van der Waals surface area contributed by atoms with Gasteiger partial charge in [0, 0.05) is 0 Å². The molecule has 7 rings (SSSR count). The predicted molar refractivity (Wildman–Crippen MR) is 154 cm³/mol. The van der Waals surface area contributed by atoms with Crippen LogP contribution in [0.2, 0.25) is 0 Å². The van der Waals surface area contributed by atoms with Gasteiger partial charge in [0.1, 0.15) is 0 Å². The number of aryl methyl sites for hydroxylation is 1. The molecule has 1 aliphatic carbocycles. The molecule has 0 fully saturated rings. The normalized spacial score (nSPS) is 12.8. The maximum absolute atomic E-state index is 2.40. The molecule has 0 N–H and O–H groups in total. The zero-order chi connectivity index (χ0) is 23.2. The largest absolute Gasteiger partial charge is 0.0763 e. The second kappa shape index (κ2) is 8.49. The Hall–Kier alpha value is -3.73. The molecule has 0 aliphatic heterocycles. The summed E-state index contributed by atoms with van der Waals surface area (Å²) in [4.78, 5) is 0. The topological polar surface area (TPSA) is 0 Å². The quantitative estimate of drug-likeness (QED) is 0.250. The van der Waals surface area contributed by atoms with Crippen molar-refractivity contribution in [3.63, 3.8) is 0 Å². The average molecular weight is 465 g/mol. The van der Waals surface area contributed by atoms with Crippen LogP contribution >= 0.6 is 7.92 Å². The van der Waals surface area contributed by atoms with Crippen LogP contribution in [-0.4, -0.2) is 0 Å². The smallest absolute Gasteiger partial charge is 0.00239 e. The van der Waals surface area contributed by atoms with Crippen LogP contribution in [0.5, 0.6) is 0 Å². The molecule has 35 heavy (non-hydrogen) atoms. The van der Waals surface area contributed by atoms with Crippen LogP contribution in [0.3, 0.4) is 0 Å². The van der Waals surface area contributed by atoms with Gasteiger partial charge in [0.25, 0.3) is 0 Å². The first-order chi connectivity index (χ1) is 17.4. The molecule has 0 unspecified atom stereocenters. The van der Waals surface area contributed by atoms with Gasteiger partial charge >= 0.3 is 0 Å². The maximum atomic E-state index is 2.40.